The summed E-state index contributed by atoms with van der Waals surface area (Å²) < 4.78 is 15.5. The first kappa shape index (κ1) is 11.9. The lowest BCUT2D eigenvalue weighted by Crippen LogP contribution is -2.40. The number of nitrogens with one attached hydrogen (secondary N) is 1. The van der Waals surface area contributed by atoms with Crippen molar-refractivity contribution in [1.82, 2.24) is 5.32 Å². The minimum Gasteiger partial charge on any atom is -0.389 e. The van der Waals surface area contributed by atoms with Gasteiger partial charge < -0.3 is 24.6 Å². The van der Waals surface area contributed by atoms with Crippen molar-refractivity contribution in [2.24, 2.45) is 0 Å². The lowest BCUT2D eigenvalue weighted by Gasteiger charge is -2.23. The minimum atomic E-state index is -0.454. The molecule has 1 saturated heterocycles. The number of aliphatic hydroxyl groups excluding tert-OH is 1. The molecule has 2 atom stereocenters. The van der Waals surface area contributed by atoms with Crippen molar-refractivity contribution in [1.29, 1.82) is 0 Å². The molecule has 0 aromatic carbocycles. The third kappa shape index (κ3) is 4.88. The quantitative estimate of drug-likeness (QED) is 0.582. The molecule has 1 rings (SSSR count). The maximum atomic E-state index is 9.32. The van der Waals surface area contributed by atoms with E-state index in [-0.39, 0.29) is 6.10 Å². The van der Waals surface area contributed by atoms with Crippen molar-refractivity contribution >= 4 is 0 Å². The Balaban J connectivity index is 1.96. The molecule has 0 saturated carbocycles. The SMILES string of the molecule is COCC(O)CNCC1COCCO1. The monoisotopic (exact) mass is 205 g/mol. The molecule has 0 spiro atoms. The maximum Gasteiger partial charge on any atom is 0.0933 e. The number of aliphatic hydroxyl groups is 1. The molecule has 0 radical (unpaired) electrons. The second kappa shape index (κ2) is 7.14. The van der Waals surface area contributed by atoms with E-state index < -0.39 is 6.10 Å². The molecule has 5 nitrogen and oxygen atoms in total. The van der Waals surface area contributed by atoms with E-state index in [1.807, 2.05) is 0 Å². The van der Waals surface area contributed by atoms with Gasteiger partial charge in [-0.15, -0.1) is 0 Å². The van der Waals surface area contributed by atoms with Crippen LogP contribution in [0.1, 0.15) is 0 Å². The Bertz CT molecular complexity index is 139. The van der Waals surface area contributed by atoms with Crippen LogP contribution in [0.5, 0.6) is 0 Å². The third-order valence-electron chi connectivity index (χ3n) is 2.00. The molecule has 0 aliphatic carbocycles. The highest BCUT2D eigenvalue weighted by molar-refractivity contribution is 4.66. The molecule has 1 aliphatic heterocycles. The molecule has 84 valence electrons. The molecule has 0 aromatic rings. The average molecular weight is 205 g/mol. The summed E-state index contributed by atoms with van der Waals surface area (Å²) in [6, 6.07) is 0. The third-order valence-corrected chi connectivity index (χ3v) is 2.00. The normalized spacial score (nSPS) is 24.9. The van der Waals surface area contributed by atoms with Crippen molar-refractivity contribution in [3.8, 4) is 0 Å². The predicted molar refractivity (Wildman–Crippen MR) is 51.3 cm³/mol. The number of hydrogen-bond donors (Lipinski definition) is 2. The first-order valence-corrected chi connectivity index (χ1v) is 4.90. The zero-order valence-electron chi connectivity index (χ0n) is 8.57. The van der Waals surface area contributed by atoms with Crippen molar-refractivity contribution in [2.45, 2.75) is 12.2 Å². The van der Waals surface area contributed by atoms with Crippen LogP contribution in [0.25, 0.3) is 0 Å². The van der Waals surface area contributed by atoms with Crippen LogP contribution in [0.15, 0.2) is 0 Å². The van der Waals surface area contributed by atoms with Gasteiger partial charge in [0.15, 0.2) is 0 Å². The summed E-state index contributed by atoms with van der Waals surface area (Å²) in [4.78, 5) is 0. The van der Waals surface area contributed by atoms with Gasteiger partial charge in [-0.1, -0.05) is 0 Å². The van der Waals surface area contributed by atoms with E-state index >= 15 is 0 Å². The first-order valence-electron chi connectivity index (χ1n) is 4.90. The van der Waals surface area contributed by atoms with Crippen LogP contribution < -0.4 is 5.32 Å². The van der Waals surface area contributed by atoms with E-state index in [0.717, 1.165) is 0 Å². The number of rotatable bonds is 6. The predicted octanol–water partition coefficient (Wildman–Crippen LogP) is -1.00. The fourth-order valence-corrected chi connectivity index (χ4v) is 1.32. The van der Waals surface area contributed by atoms with Gasteiger partial charge in [-0.25, -0.2) is 0 Å². The van der Waals surface area contributed by atoms with E-state index in [2.05, 4.69) is 5.32 Å². The van der Waals surface area contributed by atoms with Crippen LogP contribution >= 0.6 is 0 Å². The van der Waals surface area contributed by atoms with E-state index in [0.29, 0.717) is 39.5 Å². The van der Waals surface area contributed by atoms with Gasteiger partial charge >= 0.3 is 0 Å². The van der Waals surface area contributed by atoms with Gasteiger partial charge in [-0.2, -0.15) is 0 Å². The number of hydrogen-bond acceptors (Lipinski definition) is 5. The highest BCUT2D eigenvalue weighted by atomic mass is 16.6. The van der Waals surface area contributed by atoms with Gasteiger partial charge in [0.2, 0.25) is 0 Å². The molecule has 2 N–H and O–H groups in total. The number of ether oxygens (including phenoxy) is 3. The summed E-state index contributed by atoms with van der Waals surface area (Å²) in [7, 11) is 1.57. The summed E-state index contributed by atoms with van der Waals surface area (Å²) in [5.74, 6) is 0. The van der Waals surface area contributed by atoms with Crippen molar-refractivity contribution in [2.75, 3.05) is 46.6 Å². The molecule has 2 unspecified atom stereocenters. The van der Waals surface area contributed by atoms with E-state index in [9.17, 15) is 5.11 Å². The zero-order valence-corrected chi connectivity index (χ0v) is 8.57. The van der Waals surface area contributed by atoms with Crippen LogP contribution in [0.3, 0.4) is 0 Å². The summed E-state index contributed by atoms with van der Waals surface area (Å²) >= 11 is 0. The van der Waals surface area contributed by atoms with E-state index in [4.69, 9.17) is 14.2 Å². The Labute approximate surface area is 84.3 Å². The summed E-state index contributed by atoms with van der Waals surface area (Å²) in [6.45, 7) is 3.56. The topological polar surface area (TPSA) is 60.0 Å². The van der Waals surface area contributed by atoms with Gasteiger partial charge in [0.05, 0.1) is 38.6 Å². The van der Waals surface area contributed by atoms with Gasteiger partial charge in [0.1, 0.15) is 0 Å². The lowest BCUT2D eigenvalue weighted by atomic mass is 10.3. The Kier molecular flexibility index (Phi) is 6.05. The second-order valence-electron chi connectivity index (χ2n) is 3.34. The summed E-state index contributed by atoms with van der Waals surface area (Å²) in [5.41, 5.74) is 0. The van der Waals surface area contributed by atoms with E-state index in [1.54, 1.807) is 7.11 Å². The molecule has 14 heavy (non-hydrogen) atoms. The molecule has 0 aromatic heterocycles. The molecule has 0 bridgehead atoms. The Hall–Kier alpha value is -0.200. The van der Waals surface area contributed by atoms with Crippen LogP contribution in [-0.4, -0.2) is 63.9 Å². The van der Waals surface area contributed by atoms with Crippen LogP contribution in [0.2, 0.25) is 0 Å². The molecular formula is C9H19NO4. The van der Waals surface area contributed by atoms with Crippen molar-refractivity contribution in [3.05, 3.63) is 0 Å². The lowest BCUT2D eigenvalue weighted by molar-refractivity contribution is -0.0870. The van der Waals surface area contributed by atoms with Gasteiger partial charge in [-0.05, 0) is 0 Å². The van der Waals surface area contributed by atoms with Crippen molar-refractivity contribution in [3.63, 3.8) is 0 Å². The molecular weight excluding hydrogens is 186 g/mol. The average Bonchev–Trinajstić information content (AvgIpc) is 2.20. The fraction of sp³-hybridized carbons (Fsp3) is 1.00. The minimum absolute atomic E-state index is 0.110. The Morgan fingerprint density at radius 1 is 1.57 bits per heavy atom. The highest BCUT2D eigenvalue weighted by Crippen LogP contribution is 1.98. The van der Waals surface area contributed by atoms with E-state index in [1.165, 1.54) is 0 Å². The Morgan fingerprint density at radius 3 is 3.07 bits per heavy atom. The van der Waals surface area contributed by atoms with Crippen LogP contribution in [0, 0.1) is 0 Å². The molecule has 1 heterocycles. The largest absolute Gasteiger partial charge is 0.389 e. The summed E-state index contributed by atoms with van der Waals surface area (Å²) in [6.07, 6.45) is -0.344. The second-order valence-corrected chi connectivity index (χ2v) is 3.34. The highest BCUT2D eigenvalue weighted by Gasteiger charge is 2.14. The molecule has 1 fully saturated rings. The molecule has 1 aliphatic rings. The Morgan fingerprint density at radius 2 is 2.43 bits per heavy atom. The summed E-state index contributed by atoms with van der Waals surface area (Å²) in [5, 5.41) is 12.4. The fourth-order valence-electron chi connectivity index (χ4n) is 1.32. The van der Waals surface area contributed by atoms with Crippen LogP contribution in [0.4, 0.5) is 0 Å². The maximum absolute atomic E-state index is 9.32. The standard InChI is InChI=1S/C9H19NO4/c1-12-6-8(11)4-10-5-9-7-13-2-3-14-9/h8-11H,2-7H2,1H3. The smallest absolute Gasteiger partial charge is 0.0933 e. The van der Waals surface area contributed by atoms with Gasteiger partial charge in [0, 0.05) is 20.2 Å². The van der Waals surface area contributed by atoms with Gasteiger partial charge in [-0.3, -0.25) is 0 Å². The van der Waals surface area contributed by atoms with Crippen LogP contribution in [-0.2, 0) is 14.2 Å². The van der Waals surface area contributed by atoms with Crippen molar-refractivity contribution < 1.29 is 19.3 Å². The molecule has 5 heteroatoms. The zero-order chi connectivity index (χ0) is 10.2. The molecule has 0 amide bonds. The first-order chi connectivity index (χ1) is 6.83. The number of methoxy groups -OCH3 is 1. The van der Waals surface area contributed by atoms with Gasteiger partial charge in [0.25, 0.3) is 0 Å².